The molecule has 0 fully saturated rings. The SMILES string of the molecule is CCOCCOC[CH]OC. The van der Waals surface area contributed by atoms with E-state index in [0.717, 1.165) is 6.61 Å². The van der Waals surface area contributed by atoms with Crippen molar-refractivity contribution in [1.29, 1.82) is 0 Å². The van der Waals surface area contributed by atoms with Gasteiger partial charge in [-0.05, 0) is 6.92 Å². The van der Waals surface area contributed by atoms with Crippen molar-refractivity contribution in [3.05, 3.63) is 6.61 Å². The maximum Gasteiger partial charge on any atom is 0.109 e. The summed E-state index contributed by atoms with van der Waals surface area (Å²) in [6.45, 7) is 6.13. The van der Waals surface area contributed by atoms with Gasteiger partial charge in [-0.1, -0.05) is 0 Å². The second kappa shape index (κ2) is 8.88. The van der Waals surface area contributed by atoms with E-state index in [1.807, 2.05) is 6.92 Å². The quantitative estimate of drug-likeness (QED) is 0.499. The molecular weight excluding hydrogens is 132 g/mol. The van der Waals surface area contributed by atoms with E-state index in [1.54, 1.807) is 13.7 Å². The van der Waals surface area contributed by atoms with Gasteiger partial charge in [0, 0.05) is 13.7 Å². The molecule has 0 aromatic carbocycles. The van der Waals surface area contributed by atoms with Gasteiger partial charge in [-0.2, -0.15) is 0 Å². The third kappa shape index (κ3) is 7.88. The van der Waals surface area contributed by atoms with Crippen LogP contribution in [0.3, 0.4) is 0 Å². The summed E-state index contributed by atoms with van der Waals surface area (Å²) in [6.07, 6.45) is 0. The summed E-state index contributed by atoms with van der Waals surface area (Å²) in [4.78, 5) is 0. The van der Waals surface area contributed by atoms with Crippen LogP contribution in [0.2, 0.25) is 0 Å². The van der Waals surface area contributed by atoms with Gasteiger partial charge >= 0.3 is 0 Å². The first-order valence-corrected chi connectivity index (χ1v) is 3.41. The summed E-state index contributed by atoms with van der Waals surface area (Å²) in [5, 5.41) is 0. The van der Waals surface area contributed by atoms with E-state index < -0.39 is 0 Å². The van der Waals surface area contributed by atoms with Gasteiger partial charge in [0.1, 0.15) is 6.61 Å². The molecule has 0 aromatic heterocycles. The molecule has 0 heterocycles. The highest BCUT2D eigenvalue weighted by molar-refractivity contribution is 4.43. The predicted molar refractivity (Wildman–Crippen MR) is 38.6 cm³/mol. The normalized spacial score (nSPS) is 10.2. The molecule has 0 unspecified atom stereocenters. The molecule has 3 heteroatoms. The van der Waals surface area contributed by atoms with Crippen LogP contribution in [0.15, 0.2) is 0 Å². The highest BCUT2D eigenvalue weighted by Crippen LogP contribution is 1.81. The minimum absolute atomic E-state index is 0.531. The van der Waals surface area contributed by atoms with Crippen LogP contribution in [0, 0.1) is 6.61 Å². The monoisotopic (exact) mass is 147 g/mol. The molecule has 0 rings (SSSR count). The lowest BCUT2D eigenvalue weighted by molar-refractivity contribution is 0.0460. The smallest absolute Gasteiger partial charge is 0.109 e. The standard InChI is InChI=1S/C7H15O3/c1-3-9-6-7-10-5-4-8-2/h4H,3,5-7H2,1-2H3. The summed E-state index contributed by atoms with van der Waals surface area (Å²) >= 11 is 0. The molecule has 10 heavy (non-hydrogen) atoms. The second-order valence-electron chi connectivity index (χ2n) is 1.67. The predicted octanol–water partition coefficient (Wildman–Crippen LogP) is 0.848. The van der Waals surface area contributed by atoms with Crippen molar-refractivity contribution in [3.8, 4) is 0 Å². The molecule has 1 radical (unpaired) electrons. The fourth-order valence-electron chi connectivity index (χ4n) is 0.462. The molecule has 0 aliphatic carbocycles. The van der Waals surface area contributed by atoms with Gasteiger partial charge in [-0.25, -0.2) is 0 Å². The Morgan fingerprint density at radius 1 is 1.20 bits per heavy atom. The van der Waals surface area contributed by atoms with Crippen molar-refractivity contribution >= 4 is 0 Å². The molecule has 0 saturated carbocycles. The number of ether oxygens (including phenoxy) is 3. The van der Waals surface area contributed by atoms with Gasteiger partial charge in [0.05, 0.1) is 19.8 Å². The Hall–Kier alpha value is -0.120. The molecule has 3 nitrogen and oxygen atoms in total. The van der Waals surface area contributed by atoms with Crippen molar-refractivity contribution in [2.24, 2.45) is 0 Å². The number of methoxy groups -OCH3 is 1. The second-order valence-corrected chi connectivity index (χ2v) is 1.67. The van der Waals surface area contributed by atoms with Crippen LogP contribution in [0.5, 0.6) is 0 Å². The van der Waals surface area contributed by atoms with Crippen LogP contribution < -0.4 is 0 Å². The summed E-state index contributed by atoms with van der Waals surface area (Å²) < 4.78 is 14.8. The molecule has 61 valence electrons. The summed E-state index contributed by atoms with van der Waals surface area (Å²) in [5.41, 5.74) is 0. The van der Waals surface area contributed by atoms with Crippen LogP contribution in [0.1, 0.15) is 6.92 Å². The van der Waals surface area contributed by atoms with Crippen molar-refractivity contribution in [3.63, 3.8) is 0 Å². The topological polar surface area (TPSA) is 27.7 Å². The third-order valence-corrected chi connectivity index (χ3v) is 0.929. The summed E-state index contributed by atoms with van der Waals surface area (Å²) in [7, 11) is 1.60. The van der Waals surface area contributed by atoms with Gasteiger partial charge in [0.25, 0.3) is 0 Å². The molecule has 0 bridgehead atoms. The first-order valence-electron chi connectivity index (χ1n) is 3.41. The number of rotatable bonds is 7. The fraction of sp³-hybridized carbons (Fsp3) is 0.857. The van der Waals surface area contributed by atoms with E-state index >= 15 is 0 Å². The van der Waals surface area contributed by atoms with E-state index in [2.05, 4.69) is 4.74 Å². The maximum absolute atomic E-state index is 5.07. The average Bonchev–Trinajstić information content (AvgIpc) is 1.97. The van der Waals surface area contributed by atoms with Crippen LogP contribution in [0.4, 0.5) is 0 Å². The molecule has 0 aromatic rings. The van der Waals surface area contributed by atoms with Gasteiger partial charge in [-0.15, -0.1) is 0 Å². The largest absolute Gasteiger partial charge is 0.379 e. The van der Waals surface area contributed by atoms with Crippen molar-refractivity contribution in [2.75, 3.05) is 33.5 Å². The highest BCUT2D eigenvalue weighted by Gasteiger charge is 1.86. The van der Waals surface area contributed by atoms with E-state index in [4.69, 9.17) is 9.47 Å². The third-order valence-electron chi connectivity index (χ3n) is 0.929. The molecule has 0 saturated heterocycles. The Morgan fingerprint density at radius 2 is 1.90 bits per heavy atom. The molecule has 0 aliphatic heterocycles. The van der Waals surface area contributed by atoms with Crippen molar-refractivity contribution in [1.82, 2.24) is 0 Å². The fourth-order valence-corrected chi connectivity index (χ4v) is 0.462. The van der Waals surface area contributed by atoms with Crippen LogP contribution >= 0.6 is 0 Å². The molecule has 0 atom stereocenters. The zero-order chi connectivity index (χ0) is 7.66. The Balaban J connectivity index is 2.65. The lowest BCUT2D eigenvalue weighted by Crippen LogP contribution is -2.05. The lowest BCUT2D eigenvalue weighted by atomic mass is 10.7. The van der Waals surface area contributed by atoms with Gasteiger partial charge in [-0.3, -0.25) is 0 Å². The molecule has 0 amide bonds. The van der Waals surface area contributed by atoms with E-state index in [1.165, 1.54) is 0 Å². The van der Waals surface area contributed by atoms with Gasteiger partial charge in [0.2, 0.25) is 0 Å². The molecular formula is C7H15O3. The van der Waals surface area contributed by atoms with E-state index in [9.17, 15) is 0 Å². The summed E-state index contributed by atoms with van der Waals surface area (Å²) in [6, 6.07) is 0. The first-order chi connectivity index (χ1) is 4.91. The molecule has 0 spiro atoms. The average molecular weight is 147 g/mol. The number of hydrogen-bond acceptors (Lipinski definition) is 3. The Morgan fingerprint density at radius 3 is 2.50 bits per heavy atom. The van der Waals surface area contributed by atoms with Gasteiger partial charge in [0.15, 0.2) is 0 Å². The zero-order valence-corrected chi connectivity index (χ0v) is 6.63. The Labute approximate surface area is 62.3 Å². The Kier molecular flexibility index (Phi) is 8.77. The minimum Gasteiger partial charge on any atom is -0.379 e. The Bertz CT molecular complexity index is 48.8. The van der Waals surface area contributed by atoms with Gasteiger partial charge < -0.3 is 14.2 Å². The maximum atomic E-state index is 5.07. The van der Waals surface area contributed by atoms with Crippen LogP contribution in [-0.2, 0) is 14.2 Å². The first kappa shape index (κ1) is 9.88. The van der Waals surface area contributed by atoms with E-state index in [0.29, 0.717) is 19.8 Å². The van der Waals surface area contributed by atoms with Crippen LogP contribution in [-0.4, -0.2) is 33.5 Å². The van der Waals surface area contributed by atoms with Crippen molar-refractivity contribution < 1.29 is 14.2 Å². The van der Waals surface area contributed by atoms with Crippen LogP contribution in [0.25, 0.3) is 0 Å². The van der Waals surface area contributed by atoms with E-state index in [-0.39, 0.29) is 0 Å². The summed E-state index contributed by atoms with van der Waals surface area (Å²) in [5.74, 6) is 0. The molecule has 0 N–H and O–H groups in total. The molecule has 0 aliphatic rings. The highest BCUT2D eigenvalue weighted by atomic mass is 16.5. The zero-order valence-electron chi connectivity index (χ0n) is 6.63. The number of hydrogen-bond donors (Lipinski definition) is 0. The minimum atomic E-state index is 0.531. The van der Waals surface area contributed by atoms with Crippen molar-refractivity contribution in [2.45, 2.75) is 6.92 Å². The lowest BCUT2D eigenvalue weighted by Gasteiger charge is -2.01.